The van der Waals surface area contributed by atoms with Crippen molar-refractivity contribution in [3.63, 3.8) is 0 Å². The first-order valence-electron chi connectivity index (χ1n) is 13.6. The third-order valence-electron chi connectivity index (χ3n) is 8.13. The number of aliphatic carboxylic acids is 1. The van der Waals surface area contributed by atoms with E-state index >= 15 is 4.39 Å². The van der Waals surface area contributed by atoms with Crippen LogP contribution < -0.4 is 4.74 Å². The molecule has 3 aliphatic rings. The molecule has 1 amide bonds. The summed E-state index contributed by atoms with van der Waals surface area (Å²) >= 11 is 12.1. The maximum atomic E-state index is 15.2. The van der Waals surface area contributed by atoms with Crippen LogP contribution in [0.4, 0.5) is 17.6 Å². The van der Waals surface area contributed by atoms with Crippen LogP contribution >= 0.6 is 23.2 Å². The maximum absolute atomic E-state index is 15.2. The van der Waals surface area contributed by atoms with E-state index in [1.165, 1.54) is 24.3 Å². The molecule has 1 saturated carbocycles. The van der Waals surface area contributed by atoms with Crippen molar-refractivity contribution in [2.24, 2.45) is 5.92 Å². The predicted molar refractivity (Wildman–Crippen MR) is 145 cm³/mol. The summed E-state index contributed by atoms with van der Waals surface area (Å²) in [5.74, 6) is -2.61. The smallest absolute Gasteiger partial charge is 0.326 e. The fraction of sp³-hybridized carbons (Fsp3) is 0.517. The second-order valence-corrected chi connectivity index (χ2v) is 11.9. The van der Waals surface area contributed by atoms with Gasteiger partial charge in [-0.3, -0.25) is 9.69 Å². The predicted octanol–water partition coefficient (Wildman–Crippen LogP) is 6.74. The molecule has 3 atom stereocenters. The number of benzene rings is 2. The van der Waals surface area contributed by atoms with Crippen molar-refractivity contribution in [1.29, 1.82) is 0 Å². The number of likely N-dealkylation sites (tertiary alicyclic amines) is 2. The Morgan fingerprint density at radius 2 is 1.68 bits per heavy atom. The monoisotopic (exact) mass is 616 g/mol. The number of ether oxygens (including phenoxy) is 1. The molecule has 0 aromatic heterocycles. The second kappa shape index (κ2) is 12.4. The molecule has 1 N–H and O–H groups in total. The largest absolute Gasteiger partial charge is 0.493 e. The number of piperidine rings is 1. The highest BCUT2D eigenvalue weighted by Crippen LogP contribution is 2.46. The summed E-state index contributed by atoms with van der Waals surface area (Å²) in [6.07, 6.45) is -1.60. The van der Waals surface area contributed by atoms with Crippen molar-refractivity contribution in [3.8, 4) is 5.75 Å². The minimum atomic E-state index is -2.63. The van der Waals surface area contributed by atoms with Crippen LogP contribution in [-0.2, 0) is 4.79 Å². The van der Waals surface area contributed by atoms with Crippen molar-refractivity contribution in [2.45, 2.75) is 62.7 Å². The minimum Gasteiger partial charge on any atom is -0.493 e. The summed E-state index contributed by atoms with van der Waals surface area (Å²) in [5.41, 5.74) is 0.717. The topological polar surface area (TPSA) is 70.1 Å². The molecule has 41 heavy (non-hydrogen) atoms. The lowest BCUT2D eigenvalue weighted by molar-refractivity contribution is -0.141. The van der Waals surface area contributed by atoms with E-state index in [0.29, 0.717) is 52.9 Å². The zero-order valence-electron chi connectivity index (χ0n) is 22.0. The standard InChI is InChI=1S/C29H30Cl2F4N2O4/c30-18-7-17(8-19(31)9-18)26(27(34)35)36-5-3-15(4-6-36)14-41-25-12-23(33)22(11-21(25)16-1-2-16)28(38)37-13-20(32)10-24(37)29(39)40/h7-9,11-12,15-16,20,24,26-27H,1-6,10,13-14H2,(H,39,40)/t20-,24+,26+/m1/s1. The van der Waals surface area contributed by atoms with Crippen LogP contribution in [0.15, 0.2) is 30.3 Å². The van der Waals surface area contributed by atoms with Crippen molar-refractivity contribution in [2.75, 3.05) is 26.2 Å². The Hall–Kier alpha value is -2.56. The van der Waals surface area contributed by atoms with Gasteiger partial charge in [0.2, 0.25) is 0 Å². The summed E-state index contributed by atoms with van der Waals surface area (Å²) in [6.45, 7) is 0.655. The van der Waals surface area contributed by atoms with Gasteiger partial charge in [-0.25, -0.2) is 22.4 Å². The van der Waals surface area contributed by atoms with Gasteiger partial charge < -0.3 is 14.7 Å². The zero-order valence-corrected chi connectivity index (χ0v) is 23.6. The van der Waals surface area contributed by atoms with Crippen LogP contribution in [0.1, 0.15) is 65.5 Å². The normalized spacial score (nSPS) is 22.8. The first-order chi connectivity index (χ1) is 19.5. The fourth-order valence-electron chi connectivity index (χ4n) is 5.84. The highest BCUT2D eigenvalue weighted by atomic mass is 35.5. The van der Waals surface area contributed by atoms with Gasteiger partial charge >= 0.3 is 5.97 Å². The number of carbonyl (C=O) groups excluding carboxylic acids is 1. The second-order valence-electron chi connectivity index (χ2n) is 11.1. The molecule has 2 heterocycles. The molecule has 5 rings (SSSR count). The van der Waals surface area contributed by atoms with Crippen molar-refractivity contribution >= 4 is 35.1 Å². The quantitative estimate of drug-likeness (QED) is 0.316. The molecule has 2 aliphatic heterocycles. The molecule has 2 saturated heterocycles. The van der Waals surface area contributed by atoms with Gasteiger partial charge in [0.15, 0.2) is 0 Å². The Morgan fingerprint density at radius 3 is 2.27 bits per heavy atom. The zero-order chi connectivity index (χ0) is 29.4. The third-order valence-corrected chi connectivity index (χ3v) is 8.56. The van der Waals surface area contributed by atoms with Gasteiger partial charge in [0.25, 0.3) is 12.3 Å². The number of halogens is 6. The van der Waals surface area contributed by atoms with E-state index in [-0.39, 0.29) is 30.4 Å². The van der Waals surface area contributed by atoms with Gasteiger partial charge in [-0.1, -0.05) is 23.2 Å². The molecule has 3 fully saturated rings. The lowest BCUT2D eigenvalue weighted by Crippen LogP contribution is -2.41. The highest BCUT2D eigenvalue weighted by Gasteiger charge is 2.41. The van der Waals surface area contributed by atoms with Gasteiger partial charge in [0, 0.05) is 22.5 Å². The molecular formula is C29H30Cl2F4N2O4. The van der Waals surface area contributed by atoms with Crippen molar-refractivity contribution < 1.29 is 37.0 Å². The van der Waals surface area contributed by atoms with Crippen LogP contribution in [0.5, 0.6) is 5.75 Å². The molecule has 6 nitrogen and oxygen atoms in total. The van der Waals surface area contributed by atoms with Crippen LogP contribution in [0, 0.1) is 11.7 Å². The van der Waals surface area contributed by atoms with Gasteiger partial charge in [-0.15, -0.1) is 0 Å². The average molecular weight is 617 g/mol. The molecule has 0 spiro atoms. The Balaban J connectivity index is 1.25. The number of carbonyl (C=O) groups is 2. The molecule has 2 aromatic rings. The van der Waals surface area contributed by atoms with Crippen LogP contribution in [-0.4, -0.2) is 71.7 Å². The Bertz CT molecular complexity index is 1280. The average Bonchev–Trinajstić information content (AvgIpc) is 3.67. The summed E-state index contributed by atoms with van der Waals surface area (Å²) in [4.78, 5) is 27.2. The Morgan fingerprint density at radius 1 is 1.02 bits per heavy atom. The number of carboxylic acids is 1. The van der Waals surface area contributed by atoms with E-state index in [1.54, 1.807) is 4.90 Å². The number of amides is 1. The van der Waals surface area contributed by atoms with E-state index in [1.807, 2.05) is 0 Å². The molecule has 0 radical (unpaired) electrons. The van der Waals surface area contributed by atoms with Crippen molar-refractivity contribution in [3.05, 3.63) is 62.9 Å². The summed E-state index contributed by atoms with van der Waals surface area (Å²) < 4.78 is 63.3. The Kier molecular flexibility index (Phi) is 9.01. The number of alkyl halides is 3. The van der Waals surface area contributed by atoms with Gasteiger partial charge in [-0.05, 0) is 86.0 Å². The van der Waals surface area contributed by atoms with Gasteiger partial charge in [0.1, 0.15) is 23.8 Å². The molecule has 1 aliphatic carbocycles. The molecular weight excluding hydrogens is 587 g/mol. The molecule has 12 heteroatoms. The van der Waals surface area contributed by atoms with Crippen LogP contribution in [0.25, 0.3) is 0 Å². The molecule has 0 bridgehead atoms. The van der Waals surface area contributed by atoms with Crippen LogP contribution in [0.2, 0.25) is 10.0 Å². The molecule has 0 unspecified atom stereocenters. The van der Waals surface area contributed by atoms with Crippen LogP contribution in [0.3, 0.4) is 0 Å². The summed E-state index contributed by atoms with van der Waals surface area (Å²) in [7, 11) is 0. The number of nitrogens with zero attached hydrogens (tertiary/aromatic N) is 2. The first-order valence-corrected chi connectivity index (χ1v) is 14.4. The molecule has 222 valence electrons. The van der Waals surface area contributed by atoms with E-state index in [9.17, 15) is 27.9 Å². The summed E-state index contributed by atoms with van der Waals surface area (Å²) in [5, 5.41) is 9.97. The Labute approximate surface area is 245 Å². The fourth-order valence-corrected chi connectivity index (χ4v) is 6.38. The first kappa shape index (κ1) is 29.9. The van der Waals surface area contributed by atoms with Gasteiger partial charge in [0.05, 0.1) is 24.8 Å². The number of hydrogen-bond donors (Lipinski definition) is 1. The minimum absolute atomic E-state index is 0.0476. The molecule has 2 aromatic carbocycles. The lowest BCUT2D eigenvalue weighted by atomic mass is 9.94. The summed E-state index contributed by atoms with van der Waals surface area (Å²) in [6, 6.07) is 4.57. The number of rotatable bonds is 9. The van der Waals surface area contributed by atoms with Gasteiger partial charge in [-0.2, -0.15) is 0 Å². The van der Waals surface area contributed by atoms with E-state index in [0.717, 1.165) is 23.8 Å². The third kappa shape index (κ3) is 6.75. The SMILES string of the molecule is O=C(O)[C@@H]1C[C@@H](F)CN1C(=O)c1cc(C2CC2)c(OCC2CCN([C@@H](c3cc(Cl)cc(Cl)c3)C(F)F)CC2)cc1F. The highest BCUT2D eigenvalue weighted by molar-refractivity contribution is 6.34. The van der Waals surface area contributed by atoms with Crippen molar-refractivity contribution in [1.82, 2.24) is 9.80 Å². The van der Waals surface area contributed by atoms with E-state index in [2.05, 4.69) is 0 Å². The maximum Gasteiger partial charge on any atom is 0.326 e. The van der Waals surface area contributed by atoms with E-state index in [4.69, 9.17) is 27.9 Å². The number of carboxylic acid groups (broad SMARTS) is 1. The number of hydrogen-bond acceptors (Lipinski definition) is 4. The lowest BCUT2D eigenvalue weighted by Gasteiger charge is -2.37. The van der Waals surface area contributed by atoms with E-state index < -0.39 is 48.9 Å².